The molecule has 8 heteroatoms. The molecule has 100 valence electrons. The van der Waals surface area contributed by atoms with Gasteiger partial charge in [0.15, 0.2) is 0 Å². The lowest BCUT2D eigenvalue weighted by Crippen LogP contribution is -2.24. The molecule has 0 spiro atoms. The Morgan fingerprint density at radius 1 is 1.44 bits per heavy atom. The van der Waals surface area contributed by atoms with Gasteiger partial charge < -0.3 is 10.8 Å². The lowest BCUT2D eigenvalue weighted by atomic mass is 9.99. The molecule has 2 unspecified atom stereocenters. The molecule has 0 aliphatic carbocycles. The predicted molar refractivity (Wildman–Crippen MR) is 61.9 cm³/mol. The third-order valence-corrected chi connectivity index (χ3v) is 3.34. The highest BCUT2D eigenvalue weighted by Crippen LogP contribution is 2.28. The van der Waals surface area contributed by atoms with Gasteiger partial charge in [0.2, 0.25) is 15.9 Å². The molecule has 18 heavy (non-hydrogen) atoms. The fraction of sp³-hybridized carbons (Fsp3) is 0.300. The van der Waals surface area contributed by atoms with Gasteiger partial charge in [0.25, 0.3) is 0 Å². The molecule has 0 radical (unpaired) electrons. The standard InChI is InChI=1S/C10H13FN2O4S/c1-5(11)9(14)8-6(10(12)15)3-2-4-7(8)18(13,16)17/h2-5,9,14H,1H3,(H2,12,15)(H2,13,16,17). The van der Waals surface area contributed by atoms with Crippen molar-refractivity contribution >= 4 is 15.9 Å². The highest BCUT2D eigenvalue weighted by Gasteiger charge is 2.28. The number of alkyl halides is 1. The number of hydrogen-bond acceptors (Lipinski definition) is 4. The normalized spacial score (nSPS) is 15.1. The predicted octanol–water partition coefficient (Wildman–Crippen LogP) is -0.176. The van der Waals surface area contributed by atoms with Gasteiger partial charge in [0.1, 0.15) is 12.3 Å². The Morgan fingerprint density at radius 2 is 2.00 bits per heavy atom. The van der Waals surface area contributed by atoms with Gasteiger partial charge in [-0.15, -0.1) is 0 Å². The van der Waals surface area contributed by atoms with Crippen molar-refractivity contribution < 1.29 is 22.7 Å². The maximum absolute atomic E-state index is 13.2. The number of aliphatic hydroxyl groups is 1. The molecular formula is C10H13FN2O4S. The van der Waals surface area contributed by atoms with Crippen molar-refractivity contribution in [1.29, 1.82) is 0 Å². The second kappa shape index (κ2) is 5.01. The number of benzene rings is 1. The van der Waals surface area contributed by atoms with E-state index in [2.05, 4.69) is 0 Å². The molecule has 1 amide bonds. The van der Waals surface area contributed by atoms with Crippen LogP contribution < -0.4 is 10.9 Å². The number of amides is 1. The first-order chi connectivity index (χ1) is 8.16. The molecule has 1 aromatic rings. The number of halogens is 1. The minimum absolute atomic E-state index is 0.279. The van der Waals surface area contributed by atoms with Crippen molar-refractivity contribution in [2.75, 3.05) is 0 Å². The van der Waals surface area contributed by atoms with Crippen molar-refractivity contribution in [3.8, 4) is 0 Å². The Morgan fingerprint density at radius 3 is 2.39 bits per heavy atom. The topological polar surface area (TPSA) is 123 Å². The second-order valence-electron chi connectivity index (χ2n) is 3.75. The number of primary sulfonamides is 1. The van der Waals surface area contributed by atoms with Crippen molar-refractivity contribution in [3.63, 3.8) is 0 Å². The van der Waals surface area contributed by atoms with Crippen molar-refractivity contribution in [2.24, 2.45) is 10.9 Å². The summed E-state index contributed by atoms with van der Waals surface area (Å²) < 4.78 is 35.8. The zero-order valence-corrected chi connectivity index (χ0v) is 10.3. The molecule has 0 heterocycles. The van der Waals surface area contributed by atoms with E-state index < -0.39 is 38.7 Å². The van der Waals surface area contributed by atoms with E-state index in [-0.39, 0.29) is 5.56 Å². The van der Waals surface area contributed by atoms with Gasteiger partial charge in [-0.3, -0.25) is 4.79 Å². The average Bonchev–Trinajstić information content (AvgIpc) is 2.25. The van der Waals surface area contributed by atoms with E-state index in [1.165, 1.54) is 12.1 Å². The van der Waals surface area contributed by atoms with Crippen LogP contribution in [0.4, 0.5) is 4.39 Å². The summed E-state index contributed by atoms with van der Waals surface area (Å²) in [6, 6.07) is 3.50. The average molecular weight is 276 g/mol. The van der Waals surface area contributed by atoms with Crippen LogP contribution in [0.2, 0.25) is 0 Å². The van der Waals surface area contributed by atoms with Crippen molar-refractivity contribution in [3.05, 3.63) is 29.3 Å². The van der Waals surface area contributed by atoms with E-state index in [1.54, 1.807) is 0 Å². The molecule has 2 atom stereocenters. The zero-order chi connectivity index (χ0) is 14.1. The minimum Gasteiger partial charge on any atom is -0.385 e. The minimum atomic E-state index is -4.20. The molecule has 1 aromatic carbocycles. The van der Waals surface area contributed by atoms with Gasteiger partial charge in [-0.1, -0.05) is 6.07 Å². The fourth-order valence-corrected chi connectivity index (χ4v) is 2.35. The summed E-state index contributed by atoms with van der Waals surface area (Å²) in [6.45, 7) is 1.02. The Hall–Kier alpha value is -1.51. The summed E-state index contributed by atoms with van der Waals surface area (Å²) in [7, 11) is -4.20. The summed E-state index contributed by atoms with van der Waals surface area (Å²) in [4.78, 5) is 10.7. The molecule has 5 N–H and O–H groups in total. The summed E-state index contributed by atoms with van der Waals surface area (Å²) in [6.07, 6.45) is -3.59. The number of carbonyl (C=O) groups excluding carboxylic acids is 1. The van der Waals surface area contributed by atoms with E-state index in [0.29, 0.717) is 0 Å². The lowest BCUT2D eigenvalue weighted by Gasteiger charge is -2.18. The highest BCUT2D eigenvalue weighted by atomic mass is 32.2. The first-order valence-electron chi connectivity index (χ1n) is 4.94. The van der Waals surface area contributed by atoms with Crippen LogP contribution in [0, 0.1) is 0 Å². The maximum Gasteiger partial charge on any atom is 0.249 e. The van der Waals surface area contributed by atoms with Crippen molar-refractivity contribution in [1.82, 2.24) is 0 Å². The van der Waals surface area contributed by atoms with Crippen molar-refractivity contribution in [2.45, 2.75) is 24.1 Å². The van der Waals surface area contributed by atoms with E-state index >= 15 is 0 Å². The second-order valence-corrected chi connectivity index (χ2v) is 5.28. The van der Waals surface area contributed by atoms with Gasteiger partial charge in [0.05, 0.1) is 4.90 Å². The number of nitrogens with two attached hydrogens (primary N) is 2. The number of aliphatic hydroxyl groups excluding tert-OH is 1. The molecule has 0 bridgehead atoms. The van der Waals surface area contributed by atoms with E-state index in [1.807, 2.05) is 0 Å². The molecule has 6 nitrogen and oxygen atoms in total. The fourth-order valence-electron chi connectivity index (χ4n) is 1.54. The van der Waals surface area contributed by atoms with Crippen LogP contribution in [0.25, 0.3) is 0 Å². The first-order valence-corrected chi connectivity index (χ1v) is 6.48. The third kappa shape index (κ3) is 2.84. The molecule has 0 aromatic heterocycles. The number of hydrogen-bond donors (Lipinski definition) is 3. The zero-order valence-electron chi connectivity index (χ0n) is 9.50. The smallest absolute Gasteiger partial charge is 0.249 e. The van der Waals surface area contributed by atoms with Gasteiger partial charge in [-0.25, -0.2) is 17.9 Å². The highest BCUT2D eigenvalue weighted by molar-refractivity contribution is 7.89. The monoisotopic (exact) mass is 276 g/mol. The summed E-state index contributed by atoms with van der Waals surface area (Å²) in [5, 5.41) is 14.6. The maximum atomic E-state index is 13.2. The summed E-state index contributed by atoms with van der Waals surface area (Å²) in [5.41, 5.74) is 4.36. The van der Waals surface area contributed by atoms with Crippen LogP contribution in [0.1, 0.15) is 28.9 Å². The number of primary amides is 1. The molecule has 0 saturated heterocycles. The van der Waals surface area contributed by atoms with E-state index in [0.717, 1.165) is 13.0 Å². The van der Waals surface area contributed by atoms with Crippen LogP contribution in [-0.4, -0.2) is 25.6 Å². The third-order valence-electron chi connectivity index (χ3n) is 2.37. The van der Waals surface area contributed by atoms with Gasteiger partial charge in [0, 0.05) is 11.1 Å². The number of rotatable bonds is 4. The van der Waals surface area contributed by atoms with Crippen LogP contribution in [0.3, 0.4) is 0 Å². The Bertz CT molecular complexity index is 571. The quantitative estimate of drug-likeness (QED) is 0.705. The largest absolute Gasteiger partial charge is 0.385 e. The van der Waals surface area contributed by atoms with Gasteiger partial charge in [-0.05, 0) is 19.1 Å². The number of carbonyl (C=O) groups is 1. The Balaban J connectivity index is 3.65. The lowest BCUT2D eigenvalue weighted by molar-refractivity contribution is 0.0828. The molecule has 0 aliphatic rings. The molecule has 0 fully saturated rings. The Kier molecular flexibility index (Phi) is 4.05. The van der Waals surface area contributed by atoms with Gasteiger partial charge >= 0.3 is 0 Å². The number of sulfonamides is 1. The molecule has 1 rings (SSSR count). The van der Waals surface area contributed by atoms with E-state index in [9.17, 15) is 22.7 Å². The van der Waals surface area contributed by atoms with Crippen LogP contribution >= 0.6 is 0 Å². The summed E-state index contributed by atoms with van der Waals surface area (Å²) >= 11 is 0. The van der Waals surface area contributed by atoms with Crippen LogP contribution in [0.5, 0.6) is 0 Å². The van der Waals surface area contributed by atoms with E-state index in [4.69, 9.17) is 10.9 Å². The molecular weight excluding hydrogens is 263 g/mol. The SMILES string of the molecule is CC(F)C(O)c1c(C(N)=O)cccc1S(N)(=O)=O. The Labute approximate surface area is 103 Å². The molecule has 0 aliphatic heterocycles. The molecule has 0 saturated carbocycles. The summed E-state index contributed by atoms with van der Waals surface area (Å²) in [5.74, 6) is -0.977. The van der Waals surface area contributed by atoms with Gasteiger partial charge in [-0.2, -0.15) is 0 Å². The van der Waals surface area contributed by atoms with Crippen LogP contribution in [0.15, 0.2) is 23.1 Å². The first kappa shape index (κ1) is 14.6. The van der Waals surface area contributed by atoms with Crippen LogP contribution in [-0.2, 0) is 10.0 Å².